The molecule has 0 N–H and O–H groups in total. The highest BCUT2D eigenvalue weighted by Crippen LogP contribution is 2.21. The first-order chi connectivity index (χ1) is 10.7. The normalized spacial score (nSPS) is 15.7. The number of amides is 2. The molecule has 126 valence electrons. The third-order valence-corrected chi connectivity index (χ3v) is 3.88. The van der Waals surface area contributed by atoms with Crippen LogP contribution in [0.4, 0.5) is 13.2 Å². The number of nitrogens with zero attached hydrogens (tertiary/aromatic N) is 2. The minimum absolute atomic E-state index is 0.131. The van der Waals surface area contributed by atoms with Crippen molar-refractivity contribution in [2.45, 2.75) is 26.4 Å². The van der Waals surface area contributed by atoms with Crippen LogP contribution in [0.15, 0.2) is 18.2 Å². The predicted octanol–water partition coefficient (Wildman–Crippen LogP) is 2.54. The molecule has 4 nitrogen and oxygen atoms in total. The quantitative estimate of drug-likeness (QED) is 0.837. The molecule has 1 heterocycles. The Morgan fingerprint density at radius 1 is 1.04 bits per heavy atom. The molecule has 2 rings (SSSR count). The van der Waals surface area contributed by atoms with E-state index in [4.69, 9.17) is 0 Å². The number of rotatable bonds is 2. The van der Waals surface area contributed by atoms with Gasteiger partial charge in [0.15, 0.2) is 0 Å². The van der Waals surface area contributed by atoms with E-state index in [9.17, 15) is 22.8 Å². The Balaban J connectivity index is 1.96. The molecule has 0 aromatic heterocycles. The molecule has 0 radical (unpaired) electrons. The molecular formula is C16H19F3N2O2. The summed E-state index contributed by atoms with van der Waals surface area (Å²) in [4.78, 5) is 26.8. The molecular weight excluding hydrogens is 309 g/mol. The number of carbonyl (C=O) groups excluding carboxylic acids is 2. The van der Waals surface area contributed by atoms with Crippen LogP contribution in [0.1, 0.15) is 27.9 Å². The molecule has 1 aliphatic heterocycles. The number of aryl methyl sites for hydroxylation is 2. The number of benzene rings is 1. The molecule has 2 amide bonds. The fourth-order valence-corrected chi connectivity index (χ4v) is 2.67. The number of carbonyl (C=O) groups is 2. The van der Waals surface area contributed by atoms with E-state index in [1.54, 1.807) is 11.0 Å². The lowest BCUT2D eigenvalue weighted by molar-refractivity contribution is -0.162. The van der Waals surface area contributed by atoms with E-state index >= 15 is 0 Å². The van der Waals surface area contributed by atoms with E-state index < -0.39 is 18.5 Å². The zero-order chi connectivity index (χ0) is 17.2. The van der Waals surface area contributed by atoms with Gasteiger partial charge in [0, 0.05) is 31.7 Å². The highest BCUT2D eigenvalue weighted by Gasteiger charge is 2.35. The summed E-state index contributed by atoms with van der Waals surface area (Å²) in [6, 6.07) is 5.52. The van der Waals surface area contributed by atoms with Crippen molar-refractivity contribution < 1.29 is 22.8 Å². The second kappa shape index (κ2) is 6.60. The Bertz CT molecular complexity index is 606. The molecule has 1 aromatic rings. The van der Waals surface area contributed by atoms with Crippen LogP contribution in [0.25, 0.3) is 0 Å². The van der Waals surface area contributed by atoms with Gasteiger partial charge in [-0.15, -0.1) is 0 Å². The summed E-state index contributed by atoms with van der Waals surface area (Å²) in [6.07, 6.45) is -5.94. The molecule has 7 heteroatoms. The van der Waals surface area contributed by atoms with E-state index in [1.165, 1.54) is 4.90 Å². The molecule has 23 heavy (non-hydrogen) atoms. The Labute approximate surface area is 132 Å². The zero-order valence-corrected chi connectivity index (χ0v) is 13.1. The molecule has 0 bridgehead atoms. The van der Waals surface area contributed by atoms with Gasteiger partial charge in [-0.1, -0.05) is 17.7 Å². The summed E-state index contributed by atoms with van der Waals surface area (Å²) >= 11 is 0. The van der Waals surface area contributed by atoms with Crippen molar-refractivity contribution in [2.24, 2.45) is 0 Å². The van der Waals surface area contributed by atoms with Crippen LogP contribution >= 0.6 is 0 Å². The molecule has 0 atom stereocenters. The van der Waals surface area contributed by atoms with Gasteiger partial charge < -0.3 is 9.80 Å². The van der Waals surface area contributed by atoms with Crippen molar-refractivity contribution >= 4 is 11.8 Å². The topological polar surface area (TPSA) is 40.6 Å². The fraction of sp³-hybridized carbons (Fsp3) is 0.500. The van der Waals surface area contributed by atoms with Crippen molar-refractivity contribution in [2.75, 3.05) is 26.2 Å². The van der Waals surface area contributed by atoms with Crippen molar-refractivity contribution in [3.05, 3.63) is 34.9 Å². The number of alkyl halides is 3. The molecule has 1 saturated heterocycles. The molecule has 1 fully saturated rings. The van der Waals surface area contributed by atoms with Gasteiger partial charge in [0.1, 0.15) is 6.42 Å². The highest BCUT2D eigenvalue weighted by molar-refractivity contribution is 5.95. The van der Waals surface area contributed by atoms with Gasteiger partial charge >= 0.3 is 6.18 Å². The van der Waals surface area contributed by atoms with Gasteiger partial charge in [-0.3, -0.25) is 9.59 Å². The lowest BCUT2D eigenvalue weighted by atomic mass is 10.0. The maximum atomic E-state index is 12.5. The van der Waals surface area contributed by atoms with E-state index in [0.717, 1.165) is 11.1 Å². The second-order valence-electron chi connectivity index (χ2n) is 5.78. The second-order valence-corrected chi connectivity index (χ2v) is 5.78. The van der Waals surface area contributed by atoms with Crippen molar-refractivity contribution in [3.63, 3.8) is 0 Å². The maximum Gasteiger partial charge on any atom is 0.397 e. The standard InChI is InChI=1S/C16H19F3N2O2/c1-11-3-4-13(12(2)9-11)15(23)21-7-5-20(6-8-21)14(22)10-16(17,18)19/h3-4,9H,5-8,10H2,1-2H3. The summed E-state index contributed by atoms with van der Waals surface area (Å²) in [5.74, 6) is -1.08. The largest absolute Gasteiger partial charge is 0.397 e. The lowest BCUT2D eigenvalue weighted by Gasteiger charge is -2.35. The summed E-state index contributed by atoms with van der Waals surface area (Å²) in [6.45, 7) is 4.54. The SMILES string of the molecule is Cc1ccc(C(=O)N2CCN(C(=O)CC(F)(F)F)CC2)c(C)c1. The summed E-state index contributed by atoms with van der Waals surface area (Å²) in [7, 11) is 0. The van der Waals surface area contributed by atoms with Crippen LogP contribution in [-0.2, 0) is 4.79 Å². The Morgan fingerprint density at radius 3 is 2.13 bits per heavy atom. The average molecular weight is 328 g/mol. The van der Waals surface area contributed by atoms with Crippen molar-refractivity contribution in [1.82, 2.24) is 9.80 Å². The maximum absolute atomic E-state index is 12.5. The van der Waals surface area contributed by atoms with Gasteiger partial charge in [-0.2, -0.15) is 13.2 Å². The Kier molecular flexibility index (Phi) is 4.97. The van der Waals surface area contributed by atoms with Crippen LogP contribution in [-0.4, -0.2) is 54.0 Å². The van der Waals surface area contributed by atoms with Crippen LogP contribution < -0.4 is 0 Å². The predicted molar refractivity (Wildman–Crippen MR) is 79.1 cm³/mol. The van der Waals surface area contributed by atoms with Gasteiger partial charge in [-0.05, 0) is 25.5 Å². The Morgan fingerprint density at radius 2 is 1.61 bits per heavy atom. The average Bonchev–Trinajstić information content (AvgIpc) is 2.45. The monoisotopic (exact) mass is 328 g/mol. The summed E-state index contributed by atoms with van der Waals surface area (Å²) in [5, 5.41) is 0. The fourth-order valence-electron chi connectivity index (χ4n) is 2.67. The molecule has 0 unspecified atom stereocenters. The van der Waals surface area contributed by atoms with Crippen molar-refractivity contribution in [1.29, 1.82) is 0 Å². The first-order valence-corrected chi connectivity index (χ1v) is 7.38. The third-order valence-electron chi connectivity index (χ3n) is 3.88. The van der Waals surface area contributed by atoms with Crippen LogP contribution in [0.5, 0.6) is 0 Å². The molecule has 1 aromatic carbocycles. The molecule has 0 spiro atoms. The van der Waals surface area contributed by atoms with Crippen LogP contribution in [0.3, 0.4) is 0 Å². The van der Waals surface area contributed by atoms with E-state index in [0.29, 0.717) is 5.56 Å². The first kappa shape index (κ1) is 17.3. The van der Waals surface area contributed by atoms with E-state index in [1.807, 2.05) is 26.0 Å². The van der Waals surface area contributed by atoms with E-state index in [2.05, 4.69) is 0 Å². The number of hydrogen-bond acceptors (Lipinski definition) is 2. The van der Waals surface area contributed by atoms with Gasteiger partial charge in [0.2, 0.25) is 5.91 Å². The number of hydrogen-bond donors (Lipinski definition) is 0. The zero-order valence-electron chi connectivity index (χ0n) is 13.1. The van der Waals surface area contributed by atoms with E-state index in [-0.39, 0.29) is 32.1 Å². The Hall–Kier alpha value is -2.05. The van der Waals surface area contributed by atoms with Crippen LogP contribution in [0, 0.1) is 13.8 Å². The molecule has 0 aliphatic carbocycles. The van der Waals surface area contributed by atoms with Gasteiger partial charge in [0.05, 0.1) is 0 Å². The van der Waals surface area contributed by atoms with Gasteiger partial charge in [0.25, 0.3) is 5.91 Å². The first-order valence-electron chi connectivity index (χ1n) is 7.38. The molecule has 0 saturated carbocycles. The third kappa shape index (κ3) is 4.46. The smallest absolute Gasteiger partial charge is 0.339 e. The summed E-state index contributed by atoms with van der Waals surface area (Å²) in [5.41, 5.74) is 2.51. The number of halogens is 3. The lowest BCUT2D eigenvalue weighted by Crippen LogP contribution is -2.51. The molecule has 1 aliphatic rings. The van der Waals surface area contributed by atoms with Crippen molar-refractivity contribution in [3.8, 4) is 0 Å². The highest BCUT2D eigenvalue weighted by atomic mass is 19.4. The van der Waals surface area contributed by atoms with Gasteiger partial charge in [-0.25, -0.2) is 0 Å². The van der Waals surface area contributed by atoms with Crippen LogP contribution in [0.2, 0.25) is 0 Å². The number of piperazine rings is 1. The summed E-state index contributed by atoms with van der Waals surface area (Å²) < 4.78 is 36.8. The minimum Gasteiger partial charge on any atom is -0.339 e. The minimum atomic E-state index is -4.50.